The van der Waals surface area contributed by atoms with Crippen LogP contribution in [-0.2, 0) is 14.3 Å². The Kier molecular flexibility index (Phi) is 4.35. The van der Waals surface area contributed by atoms with Gasteiger partial charge in [0.05, 0.1) is 6.10 Å². The number of piperidine rings is 1. The van der Waals surface area contributed by atoms with E-state index in [1.165, 1.54) is 0 Å². The normalized spacial score (nSPS) is 20.9. The van der Waals surface area contributed by atoms with Gasteiger partial charge in [0.25, 0.3) is 5.91 Å². The Morgan fingerprint density at radius 3 is 2.36 bits per heavy atom. The maximum Gasteiger partial charge on any atom is 0.251 e. The van der Waals surface area contributed by atoms with Gasteiger partial charge in [-0.15, -0.1) is 0 Å². The molecule has 0 aliphatic carbocycles. The molecule has 1 unspecified atom stereocenters. The molecule has 4 heteroatoms. The Morgan fingerprint density at radius 2 is 1.93 bits per heavy atom. The molecule has 1 heterocycles. The summed E-state index contributed by atoms with van der Waals surface area (Å²) < 4.78 is 10.2. The molecule has 1 amide bonds. The fourth-order valence-electron chi connectivity index (χ4n) is 1.67. The standard InChI is InChI=1S/C10H19NO3/c1-8(13-2)10(12)11-6-4-9(14-3)5-7-11/h8-9H,4-7H2,1-3H3. The van der Waals surface area contributed by atoms with E-state index >= 15 is 0 Å². The molecular weight excluding hydrogens is 182 g/mol. The van der Waals surface area contributed by atoms with E-state index in [1.807, 2.05) is 4.90 Å². The predicted octanol–water partition coefficient (Wildman–Crippen LogP) is 0.659. The first kappa shape index (κ1) is 11.5. The van der Waals surface area contributed by atoms with Crippen molar-refractivity contribution in [1.82, 2.24) is 4.90 Å². The van der Waals surface area contributed by atoms with Gasteiger partial charge in [-0.05, 0) is 19.8 Å². The van der Waals surface area contributed by atoms with E-state index in [4.69, 9.17) is 9.47 Å². The van der Waals surface area contributed by atoms with Crippen molar-refractivity contribution in [3.8, 4) is 0 Å². The zero-order valence-electron chi connectivity index (χ0n) is 9.16. The van der Waals surface area contributed by atoms with Crippen molar-refractivity contribution in [3.05, 3.63) is 0 Å². The number of ether oxygens (including phenoxy) is 2. The molecule has 0 N–H and O–H groups in total. The molecule has 0 saturated carbocycles. The molecule has 1 aliphatic rings. The van der Waals surface area contributed by atoms with Crippen molar-refractivity contribution in [3.63, 3.8) is 0 Å². The summed E-state index contributed by atoms with van der Waals surface area (Å²) in [7, 11) is 3.28. The highest BCUT2D eigenvalue weighted by Crippen LogP contribution is 2.14. The zero-order chi connectivity index (χ0) is 10.6. The van der Waals surface area contributed by atoms with Crippen LogP contribution in [0.3, 0.4) is 0 Å². The third kappa shape index (κ3) is 2.69. The van der Waals surface area contributed by atoms with Crippen LogP contribution in [0.2, 0.25) is 0 Å². The summed E-state index contributed by atoms with van der Waals surface area (Å²) in [5, 5.41) is 0. The molecule has 0 radical (unpaired) electrons. The average molecular weight is 201 g/mol. The van der Waals surface area contributed by atoms with Gasteiger partial charge in [0.2, 0.25) is 0 Å². The van der Waals surface area contributed by atoms with E-state index in [1.54, 1.807) is 21.1 Å². The average Bonchev–Trinajstić information content (AvgIpc) is 2.27. The molecule has 14 heavy (non-hydrogen) atoms. The van der Waals surface area contributed by atoms with Gasteiger partial charge < -0.3 is 14.4 Å². The minimum atomic E-state index is -0.325. The van der Waals surface area contributed by atoms with E-state index < -0.39 is 0 Å². The second-order valence-electron chi connectivity index (χ2n) is 3.64. The molecule has 1 aliphatic heterocycles. The summed E-state index contributed by atoms with van der Waals surface area (Å²) in [6.45, 7) is 3.35. The summed E-state index contributed by atoms with van der Waals surface area (Å²) in [6.07, 6.45) is 1.85. The number of amides is 1. The molecule has 0 aromatic carbocycles. The first-order valence-electron chi connectivity index (χ1n) is 5.03. The summed E-state index contributed by atoms with van der Waals surface area (Å²) in [5.41, 5.74) is 0. The molecule has 0 bridgehead atoms. The highest BCUT2D eigenvalue weighted by Gasteiger charge is 2.25. The lowest BCUT2D eigenvalue weighted by molar-refractivity contribution is -0.143. The molecule has 1 fully saturated rings. The number of carbonyl (C=O) groups is 1. The molecular formula is C10H19NO3. The van der Waals surface area contributed by atoms with Gasteiger partial charge in [-0.2, -0.15) is 0 Å². The third-order valence-corrected chi connectivity index (χ3v) is 2.79. The van der Waals surface area contributed by atoms with Crippen LogP contribution in [0, 0.1) is 0 Å². The van der Waals surface area contributed by atoms with E-state index in [9.17, 15) is 4.79 Å². The lowest BCUT2D eigenvalue weighted by atomic mass is 10.1. The van der Waals surface area contributed by atoms with Crippen molar-refractivity contribution in [1.29, 1.82) is 0 Å². The minimum absolute atomic E-state index is 0.0852. The highest BCUT2D eigenvalue weighted by molar-refractivity contribution is 5.80. The van der Waals surface area contributed by atoms with E-state index in [-0.39, 0.29) is 12.0 Å². The largest absolute Gasteiger partial charge is 0.381 e. The topological polar surface area (TPSA) is 38.8 Å². The fourth-order valence-corrected chi connectivity index (χ4v) is 1.67. The Bertz CT molecular complexity index is 188. The van der Waals surface area contributed by atoms with E-state index in [0.29, 0.717) is 6.10 Å². The van der Waals surface area contributed by atoms with Gasteiger partial charge in [-0.1, -0.05) is 0 Å². The number of likely N-dealkylation sites (tertiary alicyclic amines) is 1. The smallest absolute Gasteiger partial charge is 0.251 e. The maximum atomic E-state index is 11.7. The number of rotatable bonds is 3. The molecule has 0 aromatic rings. The summed E-state index contributed by atoms with van der Waals surface area (Å²) >= 11 is 0. The fraction of sp³-hybridized carbons (Fsp3) is 0.900. The number of hydrogen-bond acceptors (Lipinski definition) is 3. The van der Waals surface area contributed by atoms with Crippen LogP contribution in [0.1, 0.15) is 19.8 Å². The Hall–Kier alpha value is -0.610. The molecule has 4 nitrogen and oxygen atoms in total. The van der Waals surface area contributed by atoms with Gasteiger partial charge >= 0.3 is 0 Å². The second kappa shape index (κ2) is 5.32. The van der Waals surface area contributed by atoms with Crippen LogP contribution < -0.4 is 0 Å². The summed E-state index contributed by atoms with van der Waals surface area (Å²) in [4.78, 5) is 13.5. The predicted molar refractivity (Wildman–Crippen MR) is 53.1 cm³/mol. The van der Waals surface area contributed by atoms with Gasteiger partial charge in [-0.3, -0.25) is 4.79 Å². The quantitative estimate of drug-likeness (QED) is 0.673. The van der Waals surface area contributed by atoms with Crippen LogP contribution in [0.4, 0.5) is 0 Å². The lowest BCUT2D eigenvalue weighted by Gasteiger charge is -2.32. The summed E-state index contributed by atoms with van der Waals surface area (Å²) in [6, 6.07) is 0. The number of hydrogen-bond donors (Lipinski definition) is 0. The lowest BCUT2D eigenvalue weighted by Crippen LogP contribution is -2.44. The van der Waals surface area contributed by atoms with Crippen molar-refractivity contribution < 1.29 is 14.3 Å². The zero-order valence-corrected chi connectivity index (χ0v) is 9.16. The highest BCUT2D eigenvalue weighted by atomic mass is 16.5. The van der Waals surface area contributed by atoms with Crippen molar-refractivity contribution in [2.24, 2.45) is 0 Å². The first-order valence-corrected chi connectivity index (χ1v) is 5.03. The SMILES string of the molecule is COC1CCN(C(=O)C(C)OC)CC1. The van der Waals surface area contributed by atoms with Gasteiger partial charge in [0, 0.05) is 27.3 Å². The van der Waals surface area contributed by atoms with Crippen molar-refractivity contribution >= 4 is 5.91 Å². The van der Waals surface area contributed by atoms with E-state index in [2.05, 4.69) is 0 Å². The molecule has 1 rings (SSSR count). The maximum absolute atomic E-state index is 11.7. The van der Waals surface area contributed by atoms with Crippen molar-refractivity contribution in [2.45, 2.75) is 32.0 Å². The Morgan fingerprint density at radius 1 is 1.36 bits per heavy atom. The first-order chi connectivity index (χ1) is 6.69. The van der Waals surface area contributed by atoms with Crippen LogP contribution in [0.25, 0.3) is 0 Å². The number of carbonyl (C=O) groups excluding carboxylic acids is 1. The third-order valence-electron chi connectivity index (χ3n) is 2.79. The summed E-state index contributed by atoms with van der Waals surface area (Å²) in [5.74, 6) is 0.0852. The second-order valence-corrected chi connectivity index (χ2v) is 3.64. The van der Waals surface area contributed by atoms with E-state index in [0.717, 1.165) is 25.9 Å². The van der Waals surface area contributed by atoms with Crippen LogP contribution in [-0.4, -0.2) is 50.3 Å². The van der Waals surface area contributed by atoms with Gasteiger partial charge in [0.1, 0.15) is 6.10 Å². The number of nitrogens with zero attached hydrogens (tertiary/aromatic N) is 1. The number of methoxy groups -OCH3 is 2. The van der Waals surface area contributed by atoms with Crippen LogP contribution >= 0.6 is 0 Å². The van der Waals surface area contributed by atoms with Gasteiger partial charge in [-0.25, -0.2) is 0 Å². The van der Waals surface area contributed by atoms with Crippen molar-refractivity contribution in [2.75, 3.05) is 27.3 Å². The van der Waals surface area contributed by atoms with Crippen LogP contribution in [0.5, 0.6) is 0 Å². The minimum Gasteiger partial charge on any atom is -0.381 e. The van der Waals surface area contributed by atoms with Crippen LogP contribution in [0.15, 0.2) is 0 Å². The Labute approximate surface area is 85.2 Å². The van der Waals surface area contributed by atoms with Gasteiger partial charge in [0.15, 0.2) is 0 Å². The molecule has 82 valence electrons. The molecule has 0 spiro atoms. The monoisotopic (exact) mass is 201 g/mol. The molecule has 0 aromatic heterocycles. The molecule has 1 atom stereocenters. The molecule has 1 saturated heterocycles. The Balaban J connectivity index is 2.37.